The van der Waals surface area contributed by atoms with Crippen LogP contribution in [-0.2, 0) is 9.53 Å². The Balaban J connectivity index is 1.92. The van der Waals surface area contributed by atoms with E-state index in [0.29, 0.717) is 10.9 Å². The molecule has 6 heteroatoms. The molecule has 2 aromatic rings. The molecule has 112 valence electrons. The maximum absolute atomic E-state index is 11.8. The van der Waals surface area contributed by atoms with Crippen molar-refractivity contribution in [1.29, 1.82) is 0 Å². The number of hydrogen-bond acceptors (Lipinski definition) is 3. The molecule has 0 N–H and O–H groups in total. The Morgan fingerprint density at radius 3 is 2.41 bits per heavy atom. The number of carbonyl (C=O) groups is 1. The minimum atomic E-state index is -0.559. The highest BCUT2D eigenvalue weighted by atomic mass is 79.9. The molecule has 0 fully saturated rings. The van der Waals surface area contributed by atoms with Crippen molar-refractivity contribution in [3.8, 4) is 0 Å². The van der Waals surface area contributed by atoms with E-state index < -0.39 is 6.23 Å². The molecule has 4 nitrogen and oxygen atoms in total. The average Bonchev–Trinajstić information content (AvgIpc) is 2.94. The summed E-state index contributed by atoms with van der Waals surface area (Å²) in [7, 11) is 0. The molecule has 1 unspecified atom stereocenters. The SMILES string of the molecule is CC(=O)N1N=C(c2ccc(Cl)cc2)OC1c1ccc(Br)cc1. The van der Waals surface area contributed by atoms with E-state index in [1.165, 1.54) is 11.9 Å². The molecular weight excluding hydrogens is 368 g/mol. The molecule has 1 amide bonds. The lowest BCUT2D eigenvalue weighted by Gasteiger charge is -2.19. The summed E-state index contributed by atoms with van der Waals surface area (Å²) in [5.74, 6) is 0.219. The van der Waals surface area contributed by atoms with Crippen LogP contribution in [0.5, 0.6) is 0 Å². The molecule has 0 saturated heterocycles. The first-order valence-corrected chi connectivity index (χ1v) is 7.78. The van der Waals surface area contributed by atoms with Crippen LogP contribution in [0.1, 0.15) is 24.3 Å². The Bertz CT molecular complexity index is 729. The number of hydrazone groups is 1. The van der Waals surface area contributed by atoms with Gasteiger partial charge in [0.25, 0.3) is 0 Å². The van der Waals surface area contributed by atoms with Gasteiger partial charge in [0.2, 0.25) is 18.0 Å². The van der Waals surface area contributed by atoms with Crippen LogP contribution in [0, 0.1) is 0 Å². The fourth-order valence-electron chi connectivity index (χ4n) is 2.12. The van der Waals surface area contributed by atoms with Gasteiger partial charge in [-0.05, 0) is 36.4 Å². The molecule has 0 bridgehead atoms. The fourth-order valence-corrected chi connectivity index (χ4v) is 2.51. The van der Waals surface area contributed by atoms with Crippen LogP contribution >= 0.6 is 27.5 Å². The highest BCUT2D eigenvalue weighted by Crippen LogP contribution is 2.31. The molecule has 1 aliphatic rings. The molecule has 0 spiro atoms. The zero-order valence-corrected chi connectivity index (χ0v) is 14.0. The number of carbonyl (C=O) groups excluding carboxylic acids is 1. The first-order chi connectivity index (χ1) is 10.5. The highest BCUT2D eigenvalue weighted by Gasteiger charge is 2.32. The monoisotopic (exact) mass is 378 g/mol. The Morgan fingerprint density at radius 2 is 1.82 bits per heavy atom. The second-order valence-corrected chi connectivity index (χ2v) is 6.15. The van der Waals surface area contributed by atoms with Gasteiger partial charge in [0.15, 0.2) is 0 Å². The smallest absolute Gasteiger partial charge is 0.243 e. The van der Waals surface area contributed by atoms with E-state index in [2.05, 4.69) is 21.0 Å². The minimum absolute atomic E-state index is 0.183. The number of ether oxygens (including phenoxy) is 1. The predicted molar refractivity (Wildman–Crippen MR) is 88.5 cm³/mol. The van der Waals surface area contributed by atoms with Gasteiger partial charge in [-0.2, -0.15) is 5.01 Å². The summed E-state index contributed by atoms with van der Waals surface area (Å²) in [5, 5.41) is 6.27. The predicted octanol–water partition coefficient (Wildman–Crippen LogP) is 4.34. The fraction of sp³-hybridized carbons (Fsp3) is 0.125. The third kappa shape index (κ3) is 3.00. The van der Waals surface area contributed by atoms with Gasteiger partial charge in [-0.25, -0.2) is 0 Å². The Hall–Kier alpha value is -1.85. The summed E-state index contributed by atoms with van der Waals surface area (Å²) in [6, 6.07) is 14.7. The van der Waals surface area contributed by atoms with E-state index in [-0.39, 0.29) is 5.91 Å². The van der Waals surface area contributed by atoms with Gasteiger partial charge in [0.05, 0.1) is 0 Å². The van der Waals surface area contributed by atoms with Gasteiger partial charge in [-0.1, -0.05) is 39.7 Å². The second-order valence-electron chi connectivity index (χ2n) is 4.80. The van der Waals surface area contributed by atoms with Crippen molar-refractivity contribution in [3.63, 3.8) is 0 Å². The van der Waals surface area contributed by atoms with Crippen LogP contribution < -0.4 is 0 Å². The van der Waals surface area contributed by atoms with Crippen LogP contribution in [0.15, 0.2) is 58.1 Å². The largest absolute Gasteiger partial charge is 0.446 e. The van der Waals surface area contributed by atoms with E-state index in [4.69, 9.17) is 16.3 Å². The van der Waals surface area contributed by atoms with Crippen molar-refractivity contribution in [2.75, 3.05) is 0 Å². The number of halogens is 2. The van der Waals surface area contributed by atoms with Crippen LogP contribution in [0.3, 0.4) is 0 Å². The maximum Gasteiger partial charge on any atom is 0.243 e. The second kappa shape index (κ2) is 6.10. The third-order valence-corrected chi connectivity index (χ3v) is 3.99. The molecule has 1 aliphatic heterocycles. The van der Waals surface area contributed by atoms with Crippen molar-refractivity contribution < 1.29 is 9.53 Å². The minimum Gasteiger partial charge on any atom is -0.446 e. The summed E-state index contributed by atoms with van der Waals surface area (Å²) in [5.41, 5.74) is 1.63. The standard InChI is InChI=1S/C16H12BrClN2O2/c1-10(21)20-16(12-2-6-13(17)7-3-12)22-15(19-20)11-4-8-14(18)9-5-11/h2-9,16H,1H3. The Kier molecular flexibility index (Phi) is 4.18. The molecule has 22 heavy (non-hydrogen) atoms. The molecule has 1 atom stereocenters. The molecule has 3 rings (SSSR count). The van der Waals surface area contributed by atoms with E-state index in [1.807, 2.05) is 36.4 Å². The highest BCUT2D eigenvalue weighted by molar-refractivity contribution is 9.10. The lowest BCUT2D eigenvalue weighted by atomic mass is 10.2. The molecule has 0 radical (unpaired) electrons. The molecular formula is C16H12BrClN2O2. The topological polar surface area (TPSA) is 41.9 Å². The first kappa shape index (κ1) is 15.1. The summed E-state index contributed by atoms with van der Waals surface area (Å²) < 4.78 is 6.84. The van der Waals surface area contributed by atoms with Crippen molar-refractivity contribution in [2.24, 2.45) is 5.10 Å². The Morgan fingerprint density at radius 1 is 1.18 bits per heavy atom. The number of rotatable bonds is 2. The number of hydrogen-bond donors (Lipinski definition) is 0. The van der Waals surface area contributed by atoms with Gasteiger partial charge in [0, 0.05) is 27.5 Å². The van der Waals surface area contributed by atoms with Crippen molar-refractivity contribution >= 4 is 39.3 Å². The summed E-state index contributed by atoms with van der Waals surface area (Å²) in [4.78, 5) is 11.8. The van der Waals surface area contributed by atoms with Gasteiger partial charge in [-0.3, -0.25) is 4.79 Å². The third-order valence-electron chi connectivity index (χ3n) is 3.21. The maximum atomic E-state index is 11.8. The summed E-state index contributed by atoms with van der Waals surface area (Å²) in [6.07, 6.45) is -0.559. The molecule has 0 saturated carbocycles. The average molecular weight is 380 g/mol. The lowest BCUT2D eigenvalue weighted by molar-refractivity contribution is -0.135. The van der Waals surface area contributed by atoms with E-state index in [1.54, 1.807) is 12.1 Å². The molecule has 0 aliphatic carbocycles. The zero-order valence-electron chi connectivity index (χ0n) is 11.7. The summed E-state index contributed by atoms with van der Waals surface area (Å²) in [6.45, 7) is 1.46. The quantitative estimate of drug-likeness (QED) is 0.779. The molecule has 1 heterocycles. The van der Waals surface area contributed by atoms with Gasteiger partial charge >= 0.3 is 0 Å². The van der Waals surface area contributed by atoms with Crippen molar-refractivity contribution in [2.45, 2.75) is 13.2 Å². The van der Waals surface area contributed by atoms with Crippen LogP contribution in [0.4, 0.5) is 0 Å². The lowest BCUT2D eigenvalue weighted by Crippen LogP contribution is -2.25. The number of amides is 1. The van der Waals surface area contributed by atoms with Crippen molar-refractivity contribution in [1.82, 2.24) is 5.01 Å². The van der Waals surface area contributed by atoms with E-state index in [0.717, 1.165) is 15.6 Å². The number of benzene rings is 2. The molecule has 0 aromatic heterocycles. The van der Waals surface area contributed by atoms with E-state index >= 15 is 0 Å². The Labute approximate surface area is 141 Å². The first-order valence-electron chi connectivity index (χ1n) is 6.61. The van der Waals surface area contributed by atoms with Crippen LogP contribution in [-0.4, -0.2) is 16.8 Å². The van der Waals surface area contributed by atoms with Gasteiger partial charge < -0.3 is 4.74 Å². The van der Waals surface area contributed by atoms with Gasteiger partial charge in [-0.15, -0.1) is 5.10 Å². The van der Waals surface area contributed by atoms with Gasteiger partial charge in [0.1, 0.15) is 0 Å². The van der Waals surface area contributed by atoms with E-state index in [9.17, 15) is 4.79 Å². The molecule has 2 aromatic carbocycles. The summed E-state index contributed by atoms with van der Waals surface area (Å²) >= 11 is 9.28. The normalized spacial score (nSPS) is 17.1. The van der Waals surface area contributed by atoms with Crippen LogP contribution in [0.2, 0.25) is 5.02 Å². The number of nitrogens with zero attached hydrogens (tertiary/aromatic N) is 2. The zero-order chi connectivity index (χ0) is 15.7. The van der Waals surface area contributed by atoms with Crippen LogP contribution in [0.25, 0.3) is 0 Å². The van der Waals surface area contributed by atoms with Crippen molar-refractivity contribution in [3.05, 3.63) is 69.2 Å².